The minimum absolute atomic E-state index is 0.0692. The molecule has 0 amide bonds. The average Bonchev–Trinajstić information content (AvgIpc) is 3.27. The Bertz CT molecular complexity index is 1080. The number of anilines is 1. The van der Waals surface area contributed by atoms with Gasteiger partial charge in [-0.3, -0.25) is 15.0 Å². The fourth-order valence-corrected chi connectivity index (χ4v) is 3.42. The highest BCUT2D eigenvalue weighted by Crippen LogP contribution is 2.24. The van der Waals surface area contributed by atoms with Gasteiger partial charge in [0, 0.05) is 13.2 Å². The Morgan fingerprint density at radius 2 is 2.00 bits per heavy atom. The molecule has 0 bridgehead atoms. The van der Waals surface area contributed by atoms with Gasteiger partial charge in [-0.05, 0) is 42.5 Å². The highest BCUT2D eigenvalue weighted by molar-refractivity contribution is 5.78. The van der Waals surface area contributed by atoms with Crippen LogP contribution in [-0.4, -0.2) is 19.7 Å². The zero-order valence-corrected chi connectivity index (χ0v) is 15.3. The lowest BCUT2D eigenvalue weighted by atomic mass is 9.98. The first-order chi connectivity index (χ1) is 13.2. The van der Waals surface area contributed by atoms with Crippen LogP contribution in [0.1, 0.15) is 30.0 Å². The van der Waals surface area contributed by atoms with Crippen molar-refractivity contribution >= 4 is 16.7 Å². The van der Waals surface area contributed by atoms with Gasteiger partial charge in [-0.2, -0.15) is 0 Å². The Kier molecular flexibility index (Phi) is 4.78. The summed E-state index contributed by atoms with van der Waals surface area (Å²) in [5, 5.41) is 9.81. The van der Waals surface area contributed by atoms with Crippen molar-refractivity contribution in [3.05, 3.63) is 82.5 Å². The maximum atomic E-state index is 11.6. The molecule has 0 aliphatic rings. The molecule has 4 aromatic rings. The zero-order valence-electron chi connectivity index (χ0n) is 15.3. The third-order valence-electron chi connectivity index (χ3n) is 4.83. The summed E-state index contributed by atoms with van der Waals surface area (Å²) in [7, 11) is 1.97. The second-order valence-corrected chi connectivity index (χ2v) is 6.88. The summed E-state index contributed by atoms with van der Waals surface area (Å²) >= 11 is 0. The molecule has 6 heteroatoms. The van der Waals surface area contributed by atoms with Gasteiger partial charge < -0.3 is 9.88 Å². The lowest BCUT2D eigenvalue weighted by Crippen LogP contribution is -2.11. The van der Waals surface area contributed by atoms with Gasteiger partial charge in [0.2, 0.25) is 0 Å². The number of hydrogen-bond donors (Lipinski definition) is 3. The Morgan fingerprint density at radius 3 is 2.78 bits per heavy atom. The van der Waals surface area contributed by atoms with Crippen LogP contribution in [0, 0.1) is 0 Å². The van der Waals surface area contributed by atoms with E-state index in [9.17, 15) is 4.79 Å². The van der Waals surface area contributed by atoms with Crippen molar-refractivity contribution < 1.29 is 0 Å². The molecular formula is C21H23N5O. The normalized spacial score (nSPS) is 12.3. The van der Waals surface area contributed by atoms with Crippen molar-refractivity contribution in [2.45, 2.75) is 25.3 Å². The molecule has 2 heterocycles. The van der Waals surface area contributed by atoms with Crippen LogP contribution in [0.3, 0.4) is 0 Å². The van der Waals surface area contributed by atoms with E-state index in [0.29, 0.717) is 5.39 Å². The number of aromatic nitrogens is 4. The molecule has 138 valence electrons. The molecule has 0 saturated carbocycles. The van der Waals surface area contributed by atoms with Gasteiger partial charge in [-0.25, -0.2) is 4.98 Å². The molecule has 0 fully saturated rings. The number of fused-ring (bicyclic) bond motifs is 1. The van der Waals surface area contributed by atoms with Crippen molar-refractivity contribution in [2.24, 2.45) is 7.05 Å². The van der Waals surface area contributed by atoms with Crippen molar-refractivity contribution in [1.82, 2.24) is 19.7 Å². The number of aromatic amines is 2. The monoisotopic (exact) mass is 361 g/mol. The first-order valence-electron chi connectivity index (χ1n) is 9.18. The summed E-state index contributed by atoms with van der Waals surface area (Å²) in [6.07, 6.45) is 6.77. The van der Waals surface area contributed by atoms with Gasteiger partial charge in [0.05, 0.1) is 23.3 Å². The lowest BCUT2D eigenvalue weighted by molar-refractivity contribution is 0.642. The predicted octanol–water partition coefficient (Wildman–Crippen LogP) is 3.77. The lowest BCUT2D eigenvalue weighted by Gasteiger charge is -2.19. The molecule has 2 aromatic carbocycles. The summed E-state index contributed by atoms with van der Waals surface area (Å²) in [5.74, 6) is 0.887. The van der Waals surface area contributed by atoms with Crippen LogP contribution in [0.25, 0.3) is 10.9 Å². The SMILES string of the molecule is Cn1cnc(NC(CCCc2ccc3c(=O)[nH][nH]c3c2)c2ccccc2)c1. The molecular weight excluding hydrogens is 338 g/mol. The van der Waals surface area contributed by atoms with Gasteiger partial charge >= 0.3 is 0 Å². The molecule has 0 saturated heterocycles. The van der Waals surface area contributed by atoms with Crippen LogP contribution in [0.4, 0.5) is 5.82 Å². The predicted molar refractivity (Wildman–Crippen MR) is 108 cm³/mol. The third-order valence-corrected chi connectivity index (χ3v) is 4.83. The minimum Gasteiger partial charge on any atom is -0.362 e. The fourth-order valence-electron chi connectivity index (χ4n) is 3.42. The Morgan fingerprint density at radius 1 is 1.15 bits per heavy atom. The smallest absolute Gasteiger partial charge is 0.271 e. The van der Waals surface area contributed by atoms with Crippen molar-refractivity contribution in [2.75, 3.05) is 5.32 Å². The van der Waals surface area contributed by atoms with Gasteiger partial charge in [-0.15, -0.1) is 0 Å². The van der Waals surface area contributed by atoms with E-state index in [1.54, 1.807) is 6.33 Å². The molecule has 0 radical (unpaired) electrons. The number of imidazole rings is 1. The molecule has 1 atom stereocenters. The molecule has 4 rings (SSSR count). The summed E-state index contributed by atoms with van der Waals surface area (Å²) in [4.78, 5) is 16.0. The van der Waals surface area contributed by atoms with Crippen LogP contribution in [0.15, 0.2) is 65.8 Å². The second kappa shape index (κ2) is 7.53. The van der Waals surface area contributed by atoms with E-state index in [1.807, 2.05) is 36.0 Å². The number of nitrogens with zero attached hydrogens (tertiary/aromatic N) is 2. The van der Waals surface area contributed by atoms with Gasteiger partial charge in [0.15, 0.2) is 0 Å². The third kappa shape index (κ3) is 3.95. The summed E-state index contributed by atoms with van der Waals surface area (Å²) in [6.45, 7) is 0. The zero-order chi connectivity index (χ0) is 18.6. The maximum Gasteiger partial charge on any atom is 0.271 e. The van der Waals surface area contributed by atoms with E-state index in [-0.39, 0.29) is 11.6 Å². The number of nitrogens with one attached hydrogen (secondary N) is 3. The molecule has 0 spiro atoms. The quantitative estimate of drug-likeness (QED) is 0.469. The van der Waals surface area contributed by atoms with E-state index < -0.39 is 0 Å². The summed E-state index contributed by atoms with van der Waals surface area (Å²) in [6, 6.07) is 16.7. The van der Waals surface area contributed by atoms with E-state index >= 15 is 0 Å². The fraction of sp³-hybridized carbons (Fsp3) is 0.238. The number of benzene rings is 2. The highest BCUT2D eigenvalue weighted by Gasteiger charge is 2.12. The van der Waals surface area contributed by atoms with Gasteiger partial charge in [0.25, 0.3) is 5.56 Å². The average molecular weight is 361 g/mol. The second-order valence-electron chi connectivity index (χ2n) is 6.88. The first kappa shape index (κ1) is 17.1. The largest absolute Gasteiger partial charge is 0.362 e. The summed E-state index contributed by atoms with van der Waals surface area (Å²) < 4.78 is 1.94. The molecule has 6 nitrogen and oxygen atoms in total. The minimum atomic E-state index is -0.0692. The van der Waals surface area contributed by atoms with E-state index in [2.05, 4.69) is 50.8 Å². The first-order valence-corrected chi connectivity index (χ1v) is 9.18. The Balaban J connectivity index is 1.45. The van der Waals surface area contributed by atoms with Crippen LogP contribution in [0.2, 0.25) is 0 Å². The Labute approximate surface area is 157 Å². The van der Waals surface area contributed by atoms with E-state index in [4.69, 9.17) is 0 Å². The topological polar surface area (TPSA) is 78.5 Å². The van der Waals surface area contributed by atoms with Crippen LogP contribution >= 0.6 is 0 Å². The van der Waals surface area contributed by atoms with Gasteiger partial charge in [-0.1, -0.05) is 36.4 Å². The van der Waals surface area contributed by atoms with E-state index in [1.165, 1.54) is 11.1 Å². The van der Waals surface area contributed by atoms with Crippen LogP contribution < -0.4 is 10.9 Å². The number of rotatable bonds is 7. The highest BCUT2D eigenvalue weighted by atomic mass is 16.1. The molecule has 27 heavy (non-hydrogen) atoms. The molecule has 1 unspecified atom stereocenters. The number of aryl methyl sites for hydroxylation is 2. The van der Waals surface area contributed by atoms with Crippen LogP contribution in [0.5, 0.6) is 0 Å². The number of H-pyrrole nitrogens is 2. The van der Waals surface area contributed by atoms with Crippen molar-refractivity contribution in [1.29, 1.82) is 0 Å². The maximum absolute atomic E-state index is 11.6. The Hall–Kier alpha value is -3.28. The molecule has 0 aliphatic heterocycles. The number of hydrogen-bond acceptors (Lipinski definition) is 3. The molecule has 0 aliphatic carbocycles. The molecule has 2 aromatic heterocycles. The van der Waals surface area contributed by atoms with Crippen molar-refractivity contribution in [3.63, 3.8) is 0 Å². The van der Waals surface area contributed by atoms with E-state index in [0.717, 1.165) is 30.6 Å². The van der Waals surface area contributed by atoms with Crippen LogP contribution in [-0.2, 0) is 13.5 Å². The summed E-state index contributed by atoms with van der Waals surface area (Å²) in [5.41, 5.74) is 3.28. The van der Waals surface area contributed by atoms with Crippen molar-refractivity contribution in [3.8, 4) is 0 Å². The molecule has 3 N–H and O–H groups in total. The standard InChI is InChI=1S/C21H23N5O/c1-26-13-20(22-14-26)23-18(16-7-3-2-4-8-16)9-5-6-15-10-11-17-19(12-15)24-25-21(17)27/h2-4,7-8,10-14,18,23H,5-6,9H2,1H3,(H2,24,25,27). The van der Waals surface area contributed by atoms with Gasteiger partial charge in [0.1, 0.15) is 5.82 Å².